The first-order chi connectivity index (χ1) is 13.7. The van der Waals surface area contributed by atoms with Crippen LogP contribution in [0, 0.1) is 0 Å². The fraction of sp³-hybridized carbons (Fsp3) is 0.263. The molecule has 3 rings (SSSR count). The predicted octanol–water partition coefficient (Wildman–Crippen LogP) is 4.07. The number of esters is 1. The summed E-state index contributed by atoms with van der Waals surface area (Å²) in [6.45, 7) is 6.52. The first-order valence-corrected chi connectivity index (χ1v) is 10.5. The summed E-state index contributed by atoms with van der Waals surface area (Å²) in [5.74, 6) is 1.74. The van der Waals surface area contributed by atoms with Crippen molar-refractivity contribution >= 4 is 29.1 Å². The Balaban J connectivity index is 1.76. The summed E-state index contributed by atoms with van der Waals surface area (Å²) in [7, 11) is 1.63. The molecule has 0 saturated carbocycles. The summed E-state index contributed by atoms with van der Waals surface area (Å²) >= 11 is 2.94. The number of allylic oxidation sites excluding steroid dienone is 1. The largest absolute Gasteiger partial charge is 0.497 e. The number of benzene rings is 1. The minimum absolute atomic E-state index is 0.333. The van der Waals surface area contributed by atoms with Crippen molar-refractivity contribution < 1.29 is 14.3 Å². The maximum atomic E-state index is 11.7. The molecule has 146 valence electrons. The lowest BCUT2D eigenvalue weighted by Crippen LogP contribution is -2.05. The first kappa shape index (κ1) is 20.1. The Morgan fingerprint density at radius 3 is 2.79 bits per heavy atom. The summed E-state index contributed by atoms with van der Waals surface area (Å²) in [5.41, 5.74) is 1.29. The van der Waals surface area contributed by atoms with Crippen LogP contribution < -0.4 is 4.74 Å². The molecule has 1 aromatic carbocycles. The number of carbonyl (C=O) groups is 1. The van der Waals surface area contributed by atoms with E-state index in [-0.39, 0.29) is 0 Å². The molecule has 9 heteroatoms. The van der Waals surface area contributed by atoms with Crippen LogP contribution in [0.3, 0.4) is 0 Å². The molecule has 0 spiro atoms. The van der Waals surface area contributed by atoms with Gasteiger partial charge >= 0.3 is 5.97 Å². The molecular weight excluding hydrogens is 396 g/mol. The van der Waals surface area contributed by atoms with Gasteiger partial charge in [-0.3, -0.25) is 4.57 Å². The van der Waals surface area contributed by atoms with Crippen molar-refractivity contribution in [2.75, 3.05) is 13.7 Å². The highest BCUT2D eigenvalue weighted by atomic mass is 32.2. The zero-order valence-corrected chi connectivity index (χ0v) is 17.3. The second-order valence-corrected chi connectivity index (χ2v) is 7.45. The quantitative estimate of drug-likeness (QED) is 0.296. The van der Waals surface area contributed by atoms with E-state index in [9.17, 15) is 4.79 Å². The maximum absolute atomic E-state index is 11.7. The van der Waals surface area contributed by atoms with Crippen LogP contribution in [0.15, 0.2) is 47.5 Å². The van der Waals surface area contributed by atoms with Gasteiger partial charge in [-0.25, -0.2) is 9.78 Å². The number of hydrogen-bond donors (Lipinski definition) is 0. The monoisotopic (exact) mass is 416 g/mol. The van der Waals surface area contributed by atoms with E-state index in [1.165, 1.54) is 23.1 Å². The van der Waals surface area contributed by atoms with Crippen molar-refractivity contribution in [3.05, 3.63) is 53.0 Å². The Morgan fingerprint density at radius 1 is 1.32 bits per heavy atom. The highest BCUT2D eigenvalue weighted by Crippen LogP contribution is 2.28. The van der Waals surface area contributed by atoms with Crippen molar-refractivity contribution in [2.24, 2.45) is 0 Å². The van der Waals surface area contributed by atoms with Gasteiger partial charge in [0.1, 0.15) is 10.8 Å². The third-order valence-electron chi connectivity index (χ3n) is 3.74. The van der Waals surface area contributed by atoms with Crippen LogP contribution in [0.2, 0.25) is 0 Å². The number of carbonyl (C=O) groups excluding carboxylic acids is 1. The van der Waals surface area contributed by atoms with Gasteiger partial charge in [0.15, 0.2) is 16.7 Å². The molecule has 0 unspecified atom stereocenters. The van der Waals surface area contributed by atoms with Crippen LogP contribution in [-0.2, 0) is 17.0 Å². The molecule has 0 atom stereocenters. The lowest BCUT2D eigenvalue weighted by molar-refractivity contribution is 0.0520. The Morgan fingerprint density at radius 2 is 2.11 bits per heavy atom. The van der Waals surface area contributed by atoms with Crippen LogP contribution in [0.4, 0.5) is 0 Å². The molecule has 28 heavy (non-hydrogen) atoms. The molecule has 0 saturated heterocycles. The van der Waals surface area contributed by atoms with Gasteiger partial charge in [0.25, 0.3) is 0 Å². The SMILES string of the molecule is C=CCn1c(SCc2nc(C(=O)OCC)cs2)nnc1-c1ccc(OC)cc1. The summed E-state index contributed by atoms with van der Waals surface area (Å²) in [6, 6.07) is 7.68. The Labute approximate surface area is 171 Å². The number of thiazole rings is 1. The van der Waals surface area contributed by atoms with Crippen molar-refractivity contribution in [1.29, 1.82) is 0 Å². The highest BCUT2D eigenvalue weighted by molar-refractivity contribution is 7.98. The molecule has 0 aliphatic rings. The average molecular weight is 417 g/mol. The number of rotatable bonds is 9. The minimum Gasteiger partial charge on any atom is -0.497 e. The summed E-state index contributed by atoms with van der Waals surface area (Å²) in [4.78, 5) is 16.1. The summed E-state index contributed by atoms with van der Waals surface area (Å²) < 4.78 is 12.2. The van der Waals surface area contributed by atoms with E-state index < -0.39 is 5.97 Å². The fourth-order valence-electron chi connectivity index (χ4n) is 2.45. The minimum atomic E-state index is -0.397. The molecule has 0 fully saturated rings. The average Bonchev–Trinajstić information content (AvgIpc) is 3.34. The number of ether oxygens (including phenoxy) is 2. The predicted molar refractivity (Wildman–Crippen MR) is 110 cm³/mol. The second kappa shape index (κ2) is 9.52. The number of thioether (sulfide) groups is 1. The van der Waals surface area contributed by atoms with Crippen LogP contribution in [0.5, 0.6) is 5.75 Å². The van der Waals surface area contributed by atoms with Crippen molar-refractivity contribution in [3.63, 3.8) is 0 Å². The van der Waals surface area contributed by atoms with Crippen LogP contribution in [0.1, 0.15) is 22.4 Å². The third-order valence-corrected chi connectivity index (χ3v) is 5.75. The van der Waals surface area contributed by atoms with E-state index in [0.717, 1.165) is 27.3 Å². The van der Waals surface area contributed by atoms with Crippen molar-refractivity contribution in [3.8, 4) is 17.1 Å². The Bertz CT molecular complexity index is 951. The normalized spacial score (nSPS) is 10.6. The molecule has 0 radical (unpaired) electrons. The smallest absolute Gasteiger partial charge is 0.357 e. The van der Waals surface area contributed by atoms with E-state index in [4.69, 9.17) is 9.47 Å². The lowest BCUT2D eigenvalue weighted by Gasteiger charge is -2.08. The molecule has 7 nitrogen and oxygen atoms in total. The zero-order valence-electron chi connectivity index (χ0n) is 15.6. The van der Waals surface area contributed by atoms with Crippen molar-refractivity contribution in [2.45, 2.75) is 24.4 Å². The number of nitrogens with zero attached hydrogens (tertiary/aromatic N) is 4. The lowest BCUT2D eigenvalue weighted by atomic mass is 10.2. The van der Waals surface area contributed by atoms with E-state index in [2.05, 4.69) is 21.8 Å². The van der Waals surface area contributed by atoms with Gasteiger partial charge in [-0.2, -0.15) is 0 Å². The number of methoxy groups -OCH3 is 1. The first-order valence-electron chi connectivity index (χ1n) is 8.59. The maximum Gasteiger partial charge on any atom is 0.357 e. The molecule has 0 N–H and O–H groups in total. The van der Waals surface area contributed by atoms with E-state index in [1.807, 2.05) is 34.9 Å². The second-order valence-electron chi connectivity index (χ2n) is 5.57. The van der Waals surface area contributed by atoms with Gasteiger partial charge in [0.2, 0.25) is 0 Å². The van der Waals surface area contributed by atoms with E-state index in [1.54, 1.807) is 19.4 Å². The molecule has 3 aromatic rings. The molecular formula is C19H20N4O3S2. The standard InChI is InChI=1S/C19H20N4O3S2/c1-4-10-23-17(13-6-8-14(25-3)9-7-13)21-22-19(23)28-12-16-20-15(11-27-16)18(24)26-5-2/h4,6-9,11H,1,5,10,12H2,2-3H3. The molecule has 0 bridgehead atoms. The van der Waals surface area contributed by atoms with Crippen LogP contribution >= 0.6 is 23.1 Å². The van der Waals surface area contributed by atoms with Gasteiger partial charge in [-0.05, 0) is 31.2 Å². The number of aromatic nitrogens is 4. The number of hydrogen-bond acceptors (Lipinski definition) is 8. The van der Waals surface area contributed by atoms with Gasteiger partial charge in [-0.1, -0.05) is 17.8 Å². The Kier molecular flexibility index (Phi) is 6.83. The Hall–Kier alpha value is -2.65. The zero-order chi connectivity index (χ0) is 19.9. The fourth-order valence-corrected chi connectivity index (χ4v) is 4.17. The third kappa shape index (κ3) is 4.60. The van der Waals surface area contributed by atoms with Gasteiger partial charge in [0, 0.05) is 17.5 Å². The van der Waals surface area contributed by atoms with Crippen molar-refractivity contribution in [1.82, 2.24) is 19.7 Å². The summed E-state index contributed by atoms with van der Waals surface area (Å²) in [5, 5.41) is 12.0. The van der Waals surface area contributed by atoms with Gasteiger partial charge < -0.3 is 9.47 Å². The molecule has 2 heterocycles. The molecule has 0 aliphatic carbocycles. The van der Waals surface area contributed by atoms with Crippen LogP contribution in [-0.4, -0.2) is 39.4 Å². The van der Waals surface area contributed by atoms with Gasteiger partial charge in [-0.15, -0.1) is 28.1 Å². The molecule has 0 aliphatic heterocycles. The van der Waals surface area contributed by atoms with Gasteiger partial charge in [0.05, 0.1) is 19.5 Å². The molecule has 0 amide bonds. The van der Waals surface area contributed by atoms with Crippen LogP contribution in [0.25, 0.3) is 11.4 Å². The van der Waals surface area contributed by atoms with E-state index >= 15 is 0 Å². The summed E-state index contributed by atoms with van der Waals surface area (Å²) in [6.07, 6.45) is 1.81. The van der Waals surface area contributed by atoms with E-state index in [0.29, 0.717) is 24.6 Å². The highest BCUT2D eigenvalue weighted by Gasteiger charge is 2.16. The molecule has 2 aromatic heterocycles. The topological polar surface area (TPSA) is 79.1 Å².